The highest BCUT2D eigenvalue weighted by atomic mass is 35.5. The molecule has 0 unspecified atom stereocenters. The van der Waals surface area contributed by atoms with E-state index in [-0.39, 0.29) is 24.6 Å². The molecule has 0 radical (unpaired) electrons. The molecule has 0 aliphatic carbocycles. The smallest absolute Gasteiger partial charge is 0.255 e. The fourth-order valence-electron chi connectivity index (χ4n) is 2.19. The van der Waals surface area contributed by atoms with Crippen LogP contribution in [0.2, 0.25) is 5.02 Å². The van der Waals surface area contributed by atoms with Crippen LogP contribution in [0.4, 0.5) is 0 Å². The number of aromatic nitrogens is 1. The third-order valence-electron chi connectivity index (χ3n) is 3.36. The molecule has 1 aromatic heterocycles. The number of aromatic hydroxyl groups is 1. The van der Waals surface area contributed by atoms with Gasteiger partial charge in [-0.1, -0.05) is 43.3 Å². The van der Waals surface area contributed by atoms with Crippen molar-refractivity contribution in [2.75, 3.05) is 0 Å². The first kappa shape index (κ1) is 16.8. The molecule has 3 rings (SSSR count). The number of hydrogen-bond donors (Lipinski definition) is 2. The van der Waals surface area contributed by atoms with Crippen molar-refractivity contribution in [3.05, 3.63) is 70.9 Å². The van der Waals surface area contributed by atoms with Gasteiger partial charge in [0.05, 0.1) is 5.56 Å². The maximum Gasteiger partial charge on any atom is 0.255 e. The number of fused-ring (bicyclic) bond motifs is 1. The normalized spacial score (nSPS) is 10.1. The Labute approximate surface area is 139 Å². The van der Waals surface area contributed by atoms with Gasteiger partial charge in [-0.2, -0.15) is 0 Å². The Balaban J connectivity index is 0.00000192. The predicted molar refractivity (Wildman–Crippen MR) is 92.8 cm³/mol. The van der Waals surface area contributed by atoms with Gasteiger partial charge in [-0.05, 0) is 29.8 Å². The Morgan fingerprint density at radius 3 is 2.61 bits per heavy atom. The monoisotopic (exact) mass is 328 g/mol. The van der Waals surface area contributed by atoms with Crippen molar-refractivity contribution in [3.63, 3.8) is 0 Å². The van der Waals surface area contributed by atoms with E-state index in [9.17, 15) is 9.90 Å². The van der Waals surface area contributed by atoms with Gasteiger partial charge in [0.1, 0.15) is 5.52 Å². The van der Waals surface area contributed by atoms with Gasteiger partial charge in [-0.25, -0.2) is 0 Å². The molecule has 0 spiro atoms. The summed E-state index contributed by atoms with van der Waals surface area (Å²) in [7, 11) is 0. The molecule has 0 fully saturated rings. The Kier molecular flexibility index (Phi) is 5.19. The summed E-state index contributed by atoms with van der Waals surface area (Å²) in [6.45, 7) is 0.357. The van der Waals surface area contributed by atoms with Crippen molar-refractivity contribution in [3.8, 4) is 5.75 Å². The van der Waals surface area contributed by atoms with Crippen LogP contribution in [0.1, 0.15) is 23.3 Å². The van der Waals surface area contributed by atoms with Gasteiger partial charge < -0.3 is 10.4 Å². The average molecular weight is 329 g/mol. The zero-order valence-corrected chi connectivity index (χ0v) is 12.3. The van der Waals surface area contributed by atoms with Crippen LogP contribution in [0.25, 0.3) is 10.9 Å². The molecule has 0 aliphatic rings. The lowest BCUT2D eigenvalue weighted by molar-refractivity contribution is 0.0948. The Hall–Kier alpha value is -2.59. The minimum Gasteiger partial charge on any atom is -0.505 e. The minimum atomic E-state index is -0.347. The van der Waals surface area contributed by atoms with Crippen LogP contribution in [0.3, 0.4) is 0 Å². The summed E-state index contributed by atoms with van der Waals surface area (Å²) in [4.78, 5) is 16.3. The molecule has 2 N–H and O–H groups in total. The average Bonchev–Trinajstić information content (AvgIpc) is 2.55. The molecule has 5 heteroatoms. The van der Waals surface area contributed by atoms with Crippen LogP contribution < -0.4 is 5.32 Å². The van der Waals surface area contributed by atoms with Crippen LogP contribution in [-0.4, -0.2) is 16.0 Å². The molecule has 0 saturated heterocycles. The molecule has 2 aromatic carbocycles. The first-order valence-corrected chi connectivity index (χ1v) is 7.12. The molecule has 0 saturated carbocycles. The van der Waals surface area contributed by atoms with Crippen LogP contribution in [0, 0.1) is 0 Å². The van der Waals surface area contributed by atoms with E-state index in [1.54, 1.807) is 36.5 Å². The quantitative estimate of drug-likeness (QED) is 0.759. The summed E-state index contributed by atoms with van der Waals surface area (Å²) >= 11 is 5.82. The Morgan fingerprint density at radius 2 is 1.87 bits per heavy atom. The van der Waals surface area contributed by atoms with E-state index in [0.29, 0.717) is 17.1 Å². The minimum absolute atomic E-state index is 0. The van der Waals surface area contributed by atoms with Crippen molar-refractivity contribution in [2.24, 2.45) is 0 Å². The van der Waals surface area contributed by atoms with E-state index in [0.717, 1.165) is 10.9 Å². The second-order valence-electron chi connectivity index (χ2n) is 4.85. The van der Waals surface area contributed by atoms with Crippen molar-refractivity contribution in [1.82, 2.24) is 10.3 Å². The molecule has 118 valence electrons. The summed E-state index contributed by atoms with van der Waals surface area (Å²) in [6.07, 6.45) is 1.58. The zero-order chi connectivity index (χ0) is 15.5. The van der Waals surface area contributed by atoms with Crippen molar-refractivity contribution in [1.29, 1.82) is 0 Å². The molecule has 1 heterocycles. The van der Waals surface area contributed by atoms with Gasteiger partial charge in [-0.3, -0.25) is 9.78 Å². The second kappa shape index (κ2) is 7.11. The highest BCUT2D eigenvalue weighted by Crippen LogP contribution is 2.26. The maximum atomic E-state index is 12.2. The van der Waals surface area contributed by atoms with Gasteiger partial charge in [0.2, 0.25) is 0 Å². The Bertz CT molecular complexity index is 832. The number of phenolic OH excluding ortho intramolecular Hbond substituents is 1. The summed E-state index contributed by atoms with van der Waals surface area (Å²) in [5, 5.41) is 14.4. The fraction of sp³-hybridized carbons (Fsp3) is 0.111. The molecular weight excluding hydrogens is 312 g/mol. The van der Waals surface area contributed by atoms with Crippen molar-refractivity contribution in [2.45, 2.75) is 14.0 Å². The predicted octanol–water partition coefficient (Wildman–Crippen LogP) is 4.16. The lowest BCUT2D eigenvalue weighted by Gasteiger charge is -2.08. The molecule has 3 aromatic rings. The molecule has 0 atom stereocenters. The lowest BCUT2D eigenvalue weighted by Crippen LogP contribution is -2.22. The number of carbonyl (C=O) groups excluding carboxylic acids is 1. The number of amides is 1. The summed E-state index contributed by atoms with van der Waals surface area (Å²) in [5.41, 5.74) is 1.55. The van der Waals surface area contributed by atoms with Crippen molar-refractivity contribution >= 4 is 28.4 Å². The molecule has 1 amide bonds. The van der Waals surface area contributed by atoms with Gasteiger partial charge in [-0.15, -0.1) is 0 Å². The number of phenols is 1. The molecule has 23 heavy (non-hydrogen) atoms. The first-order valence-electron chi connectivity index (χ1n) is 6.74. The highest BCUT2D eigenvalue weighted by Gasteiger charge is 2.14. The van der Waals surface area contributed by atoms with Gasteiger partial charge >= 0.3 is 0 Å². The number of nitrogens with one attached hydrogen (secondary N) is 1. The molecular formula is C18H17ClN2O2. The van der Waals surface area contributed by atoms with E-state index in [1.165, 1.54) is 0 Å². The number of rotatable bonds is 3. The third kappa shape index (κ3) is 3.60. The van der Waals surface area contributed by atoms with Crippen LogP contribution in [-0.2, 0) is 6.54 Å². The second-order valence-corrected chi connectivity index (χ2v) is 5.28. The highest BCUT2D eigenvalue weighted by molar-refractivity contribution is 6.30. The van der Waals surface area contributed by atoms with Crippen LogP contribution in [0.5, 0.6) is 5.75 Å². The van der Waals surface area contributed by atoms with E-state index < -0.39 is 0 Å². The molecule has 0 aliphatic heterocycles. The van der Waals surface area contributed by atoms with E-state index in [2.05, 4.69) is 10.3 Å². The summed E-state index contributed by atoms with van der Waals surface area (Å²) in [5.74, 6) is -0.452. The number of pyridine rings is 1. The number of halogens is 1. The van der Waals surface area contributed by atoms with Gasteiger partial charge in [0.15, 0.2) is 5.75 Å². The SMILES string of the molecule is C.O=C(NCc1ccc(Cl)cc1)c1ccc2cccnc2c1O. The van der Waals surface area contributed by atoms with Crippen LogP contribution in [0.15, 0.2) is 54.7 Å². The fourth-order valence-corrected chi connectivity index (χ4v) is 2.32. The van der Waals surface area contributed by atoms with Crippen LogP contribution >= 0.6 is 11.6 Å². The largest absolute Gasteiger partial charge is 0.505 e. The molecule has 4 nitrogen and oxygen atoms in total. The van der Waals surface area contributed by atoms with E-state index in [4.69, 9.17) is 11.6 Å². The Morgan fingerprint density at radius 1 is 1.13 bits per heavy atom. The molecule has 0 bridgehead atoms. The summed E-state index contributed by atoms with van der Waals surface area (Å²) in [6, 6.07) is 14.2. The number of carbonyl (C=O) groups is 1. The number of nitrogens with zero attached hydrogens (tertiary/aromatic N) is 1. The third-order valence-corrected chi connectivity index (χ3v) is 3.61. The van der Waals surface area contributed by atoms with E-state index in [1.807, 2.05) is 18.2 Å². The number of benzene rings is 2. The summed E-state index contributed by atoms with van der Waals surface area (Å²) < 4.78 is 0. The number of hydrogen-bond acceptors (Lipinski definition) is 3. The lowest BCUT2D eigenvalue weighted by atomic mass is 10.1. The topological polar surface area (TPSA) is 62.2 Å². The van der Waals surface area contributed by atoms with Crippen molar-refractivity contribution < 1.29 is 9.90 Å². The van der Waals surface area contributed by atoms with Gasteiger partial charge in [0, 0.05) is 23.2 Å². The standard InChI is InChI=1S/C17H13ClN2O2.CH4/c18-13-6-3-11(4-7-13)10-20-17(22)14-8-5-12-2-1-9-19-15(12)16(14)21;/h1-9,21H,10H2,(H,20,22);1H4. The van der Waals surface area contributed by atoms with Gasteiger partial charge in [0.25, 0.3) is 5.91 Å². The van der Waals surface area contributed by atoms with E-state index >= 15 is 0 Å². The first-order chi connectivity index (χ1) is 10.6. The maximum absolute atomic E-state index is 12.2. The zero-order valence-electron chi connectivity index (χ0n) is 11.6.